The summed E-state index contributed by atoms with van der Waals surface area (Å²) >= 11 is 0. The van der Waals surface area contributed by atoms with Gasteiger partial charge in [0.2, 0.25) is 0 Å². The van der Waals surface area contributed by atoms with Crippen LogP contribution in [-0.2, 0) is 0 Å². The zero-order valence-electron chi connectivity index (χ0n) is 17.8. The second-order valence-electron chi connectivity index (χ2n) is 8.43. The van der Waals surface area contributed by atoms with Crippen molar-refractivity contribution in [2.45, 2.75) is 6.04 Å². The molecule has 7 nitrogen and oxygen atoms in total. The number of hydrogen-bond acceptors (Lipinski definition) is 5. The number of nitrogens with one attached hydrogen (secondary N) is 3. The fraction of sp³-hybridized carbons (Fsp3) is 0.200. The van der Waals surface area contributed by atoms with E-state index >= 15 is 0 Å². The lowest BCUT2D eigenvalue weighted by atomic mass is 10.0. The highest BCUT2D eigenvalue weighted by Crippen LogP contribution is 2.29. The van der Waals surface area contributed by atoms with E-state index in [1.807, 2.05) is 24.3 Å². The van der Waals surface area contributed by atoms with E-state index in [9.17, 15) is 5.11 Å². The van der Waals surface area contributed by atoms with Crippen molar-refractivity contribution in [3.05, 3.63) is 66.2 Å². The number of aromatic nitrogens is 4. The molecule has 1 fully saturated rings. The first-order chi connectivity index (χ1) is 15.6. The predicted octanol–water partition coefficient (Wildman–Crippen LogP) is 4.05. The van der Waals surface area contributed by atoms with Gasteiger partial charge in [0.25, 0.3) is 0 Å². The molecule has 160 valence electrons. The third kappa shape index (κ3) is 3.32. The average Bonchev–Trinajstić information content (AvgIpc) is 3.43. The normalized spacial score (nSPS) is 17.3. The Labute approximate surface area is 185 Å². The van der Waals surface area contributed by atoms with E-state index in [1.54, 1.807) is 12.1 Å². The zero-order chi connectivity index (χ0) is 21.7. The van der Waals surface area contributed by atoms with Gasteiger partial charge in [-0.15, -0.1) is 0 Å². The number of likely N-dealkylation sites (N-methyl/N-ethyl adjacent to an activating group) is 1. The quantitative estimate of drug-likeness (QED) is 0.351. The number of phenols is 1. The lowest BCUT2D eigenvalue weighted by Crippen LogP contribution is -2.43. The smallest absolute Gasteiger partial charge is 0.138 e. The topological polar surface area (TPSA) is 92.9 Å². The lowest BCUT2D eigenvalue weighted by molar-refractivity contribution is 0.202. The van der Waals surface area contributed by atoms with Crippen molar-refractivity contribution in [2.75, 3.05) is 26.7 Å². The number of piperazine rings is 1. The van der Waals surface area contributed by atoms with E-state index in [0.29, 0.717) is 6.04 Å². The molecule has 5 aromatic rings. The van der Waals surface area contributed by atoms with Crippen LogP contribution in [0.1, 0.15) is 11.6 Å². The zero-order valence-corrected chi connectivity index (χ0v) is 17.8. The van der Waals surface area contributed by atoms with Gasteiger partial charge >= 0.3 is 0 Å². The molecule has 0 bridgehead atoms. The molecule has 4 N–H and O–H groups in total. The highest BCUT2D eigenvalue weighted by atomic mass is 16.3. The number of fused-ring (bicyclic) bond motifs is 2. The molecule has 1 saturated heterocycles. The van der Waals surface area contributed by atoms with E-state index in [2.05, 4.69) is 56.5 Å². The number of hydrogen-bond donors (Lipinski definition) is 4. The molecule has 2 aromatic heterocycles. The van der Waals surface area contributed by atoms with Gasteiger partial charge in [-0.1, -0.05) is 6.07 Å². The predicted molar refractivity (Wildman–Crippen MR) is 127 cm³/mol. The molecular weight excluding hydrogens is 400 g/mol. The largest absolute Gasteiger partial charge is 0.508 e. The molecule has 7 heteroatoms. The van der Waals surface area contributed by atoms with Gasteiger partial charge in [-0.3, -0.25) is 4.90 Å². The summed E-state index contributed by atoms with van der Waals surface area (Å²) < 4.78 is 0. The van der Waals surface area contributed by atoms with E-state index in [0.717, 1.165) is 64.5 Å². The molecule has 0 spiro atoms. The molecule has 1 aliphatic rings. The number of H-pyrrole nitrogens is 2. The molecule has 0 saturated carbocycles. The third-order valence-electron chi connectivity index (χ3n) is 6.30. The number of benzene rings is 3. The molecule has 32 heavy (non-hydrogen) atoms. The van der Waals surface area contributed by atoms with Crippen LogP contribution in [-0.4, -0.2) is 56.6 Å². The Balaban J connectivity index is 1.34. The Hall–Kier alpha value is -3.68. The average molecular weight is 425 g/mol. The molecule has 1 aliphatic heterocycles. The summed E-state index contributed by atoms with van der Waals surface area (Å²) in [6.45, 7) is 3.05. The van der Waals surface area contributed by atoms with E-state index in [4.69, 9.17) is 4.98 Å². The van der Waals surface area contributed by atoms with Crippen LogP contribution < -0.4 is 5.32 Å². The Morgan fingerprint density at radius 2 is 1.50 bits per heavy atom. The second-order valence-corrected chi connectivity index (χ2v) is 8.43. The Kier molecular flexibility index (Phi) is 4.45. The number of imidazole rings is 2. The van der Waals surface area contributed by atoms with Crippen LogP contribution in [0.2, 0.25) is 0 Å². The fourth-order valence-electron chi connectivity index (χ4n) is 4.46. The standard InChI is InChI=1S/C25H24N6O/c1-31-11-10-26-14-23(31)16-4-8-19-21(12-16)30-25(28-19)17-5-9-20-22(13-17)29-24(27-20)15-2-6-18(32)7-3-15/h2-9,12-13,23,26,32H,10-11,14H2,1H3,(H,27,29)(H,28,30). The van der Waals surface area contributed by atoms with E-state index < -0.39 is 0 Å². The molecule has 0 amide bonds. The van der Waals surface area contributed by atoms with Gasteiger partial charge in [0.05, 0.1) is 22.1 Å². The van der Waals surface area contributed by atoms with Crippen molar-refractivity contribution in [1.29, 1.82) is 0 Å². The molecule has 1 atom stereocenters. The number of aromatic hydroxyl groups is 1. The monoisotopic (exact) mass is 424 g/mol. The first-order valence-electron chi connectivity index (χ1n) is 10.8. The van der Waals surface area contributed by atoms with Crippen LogP contribution in [0.4, 0.5) is 0 Å². The molecule has 0 aliphatic carbocycles. The highest BCUT2D eigenvalue weighted by Gasteiger charge is 2.21. The maximum atomic E-state index is 9.52. The van der Waals surface area contributed by atoms with Crippen molar-refractivity contribution in [3.8, 4) is 28.5 Å². The van der Waals surface area contributed by atoms with Gasteiger partial charge in [-0.05, 0) is 67.2 Å². The number of aromatic amines is 2. The first kappa shape index (κ1) is 19.0. The van der Waals surface area contributed by atoms with Crippen molar-refractivity contribution in [2.24, 2.45) is 0 Å². The number of nitrogens with zero attached hydrogens (tertiary/aromatic N) is 3. The van der Waals surface area contributed by atoms with Crippen molar-refractivity contribution >= 4 is 22.1 Å². The molecule has 0 radical (unpaired) electrons. The summed E-state index contributed by atoms with van der Waals surface area (Å²) in [4.78, 5) is 18.8. The van der Waals surface area contributed by atoms with Gasteiger partial charge in [0, 0.05) is 36.8 Å². The maximum absolute atomic E-state index is 9.52. The Morgan fingerprint density at radius 3 is 2.25 bits per heavy atom. The summed E-state index contributed by atoms with van der Waals surface area (Å²) in [5.41, 5.74) is 7.08. The summed E-state index contributed by atoms with van der Waals surface area (Å²) in [5, 5.41) is 13.0. The van der Waals surface area contributed by atoms with Crippen molar-refractivity contribution in [3.63, 3.8) is 0 Å². The van der Waals surface area contributed by atoms with Crippen LogP contribution in [0.3, 0.4) is 0 Å². The van der Waals surface area contributed by atoms with Crippen LogP contribution in [0, 0.1) is 0 Å². The first-order valence-corrected chi connectivity index (χ1v) is 10.8. The maximum Gasteiger partial charge on any atom is 0.138 e. The van der Waals surface area contributed by atoms with Crippen LogP contribution in [0.25, 0.3) is 44.8 Å². The molecule has 3 aromatic carbocycles. The molecule has 6 rings (SSSR count). The van der Waals surface area contributed by atoms with Crippen molar-refractivity contribution < 1.29 is 5.11 Å². The molecule has 1 unspecified atom stereocenters. The van der Waals surface area contributed by atoms with Gasteiger partial charge in [-0.25, -0.2) is 9.97 Å². The Bertz CT molecular complexity index is 1420. The SMILES string of the molecule is CN1CCNCC1c1ccc2nc(-c3ccc4nc(-c5ccc(O)cc5)[nH]c4c3)[nH]c2c1. The fourth-order valence-corrected chi connectivity index (χ4v) is 4.46. The highest BCUT2D eigenvalue weighted by molar-refractivity contribution is 5.86. The Morgan fingerprint density at radius 1 is 0.844 bits per heavy atom. The summed E-state index contributed by atoms with van der Waals surface area (Å²) in [6.07, 6.45) is 0. The molecular formula is C25H24N6O. The van der Waals surface area contributed by atoms with Gasteiger partial charge in [-0.2, -0.15) is 0 Å². The van der Waals surface area contributed by atoms with E-state index in [-0.39, 0.29) is 5.75 Å². The van der Waals surface area contributed by atoms with Gasteiger partial charge in [0.1, 0.15) is 17.4 Å². The summed E-state index contributed by atoms with van der Waals surface area (Å²) in [7, 11) is 2.18. The van der Waals surface area contributed by atoms with Gasteiger partial charge < -0.3 is 20.4 Å². The minimum absolute atomic E-state index is 0.242. The van der Waals surface area contributed by atoms with Crippen molar-refractivity contribution in [1.82, 2.24) is 30.2 Å². The number of phenolic OH excluding ortho intramolecular Hbond substituents is 1. The summed E-state index contributed by atoms with van der Waals surface area (Å²) in [5.74, 6) is 1.86. The minimum Gasteiger partial charge on any atom is -0.508 e. The lowest BCUT2D eigenvalue weighted by Gasteiger charge is -2.33. The van der Waals surface area contributed by atoms with Crippen LogP contribution >= 0.6 is 0 Å². The second kappa shape index (κ2) is 7.47. The minimum atomic E-state index is 0.242. The van der Waals surface area contributed by atoms with Crippen LogP contribution in [0.15, 0.2) is 60.7 Å². The summed E-state index contributed by atoms with van der Waals surface area (Å²) in [6, 6.07) is 20.0. The van der Waals surface area contributed by atoms with Crippen LogP contribution in [0.5, 0.6) is 5.75 Å². The third-order valence-corrected chi connectivity index (χ3v) is 6.30. The van der Waals surface area contributed by atoms with E-state index in [1.165, 1.54) is 5.56 Å². The number of rotatable bonds is 3. The molecule has 3 heterocycles. The van der Waals surface area contributed by atoms with Gasteiger partial charge in [0.15, 0.2) is 0 Å².